The van der Waals surface area contributed by atoms with Gasteiger partial charge < -0.3 is 9.47 Å². The number of carbonyl (C=O) groups excluding carboxylic acids is 1. The number of rotatable bonds is 12. The van der Waals surface area contributed by atoms with E-state index in [1.807, 2.05) is 12.1 Å². The van der Waals surface area contributed by atoms with Crippen molar-refractivity contribution in [3.63, 3.8) is 0 Å². The van der Waals surface area contributed by atoms with Crippen LogP contribution in [0.5, 0.6) is 5.75 Å². The highest BCUT2D eigenvalue weighted by molar-refractivity contribution is 9.09. The van der Waals surface area contributed by atoms with Gasteiger partial charge in [-0.05, 0) is 30.5 Å². The zero-order chi connectivity index (χ0) is 16.9. The largest absolute Gasteiger partial charge is 0.490 e. The molecule has 130 valence electrons. The van der Waals surface area contributed by atoms with Crippen molar-refractivity contribution in [3.8, 4) is 5.75 Å². The quantitative estimate of drug-likeness (QED) is 0.278. The first-order chi connectivity index (χ1) is 11.2. The SMILES string of the molecule is CCCCCCCCc1ccc(OCC(CBr)OC(C)=O)cc1. The van der Waals surface area contributed by atoms with Gasteiger partial charge in [0.15, 0.2) is 0 Å². The summed E-state index contributed by atoms with van der Waals surface area (Å²) >= 11 is 3.32. The molecule has 0 fully saturated rings. The average molecular weight is 385 g/mol. The first-order valence-corrected chi connectivity index (χ1v) is 9.72. The Morgan fingerprint density at radius 1 is 1.09 bits per heavy atom. The molecule has 0 aliphatic carbocycles. The Morgan fingerprint density at radius 2 is 1.74 bits per heavy atom. The summed E-state index contributed by atoms with van der Waals surface area (Å²) < 4.78 is 10.8. The standard InChI is InChI=1S/C19H29BrO3/c1-3-4-5-6-7-8-9-17-10-12-18(13-11-17)22-15-19(14-20)23-16(2)21/h10-13,19H,3-9,14-15H2,1-2H3. The van der Waals surface area contributed by atoms with Crippen molar-refractivity contribution in [2.45, 2.75) is 64.9 Å². The molecule has 0 saturated heterocycles. The zero-order valence-electron chi connectivity index (χ0n) is 14.4. The van der Waals surface area contributed by atoms with E-state index in [0.29, 0.717) is 11.9 Å². The van der Waals surface area contributed by atoms with Crippen LogP contribution in [0, 0.1) is 0 Å². The van der Waals surface area contributed by atoms with Crippen molar-refractivity contribution in [1.82, 2.24) is 0 Å². The molecule has 1 rings (SSSR count). The van der Waals surface area contributed by atoms with E-state index in [1.165, 1.54) is 51.0 Å². The van der Waals surface area contributed by atoms with Crippen LogP contribution in [0.25, 0.3) is 0 Å². The highest BCUT2D eigenvalue weighted by atomic mass is 79.9. The highest BCUT2D eigenvalue weighted by Crippen LogP contribution is 2.16. The molecule has 0 heterocycles. The Balaban J connectivity index is 2.26. The summed E-state index contributed by atoms with van der Waals surface area (Å²) in [7, 11) is 0. The van der Waals surface area contributed by atoms with Crippen LogP contribution in [0.15, 0.2) is 24.3 Å². The van der Waals surface area contributed by atoms with Crippen molar-refractivity contribution in [3.05, 3.63) is 29.8 Å². The van der Waals surface area contributed by atoms with Gasteiger partial charge in [-0.15, -0.1) is 0 Å². The molecular weight excluding hydrogens is 356 g/mol. The number of aryl methyl sites for hydroxylation is 1. The molecule has 0 bridgehead atoms. The van der Waals surface area contributed by atoms with E-state index < -0.39 is 0 Å². The van der Waals surface area contributed by atoms with Crippen molar-refractivity contribution >= 4 is 21.9 Å². The van der Waals surface area contributed by atoms with Crippen molar-refractivity contribution in [1.29, 1.82) is 0 Å². The van der Waals surface area contributed by atoms with Crippen LogP contribution in [-0.4, -0.2) is 24.0 Å². The maximum Gasteiger partial charge on any atom is 0.303 e. The van der Waals surface area contributed by atoms with Crippen LogP contribution in [0.4, 0.5) is 0 Å². The number of alkyl halides is 1. The number of esters is 1. The van der Waals surface area contributed by atoms with E-state index in [9.17, 15) is 4.79 Å². The zero-order valence-corrected chi connectivity index (χ0v) is 15.9. The van der Waals surface area contributed by atoms with Gasteiger partial charge in [-0.2, -0.15) is 0 Å². The molecule has 0 aromatic heterocycles. The number of hydrogen-bond acceptors (Lipinski definition) is 3. The van der Waals surface area contributed by atoms with E-state index in [2.05, 4.69) is 35.0 Å². The van der Waals surface area contributed by atoms with Crippen molar-refractivity contribution in [2.75, 3.05) is 11.9 Å². The lowest BCUT2D eigenvalue weighted by atomic mass is 10.0. The molecule has 0 aliphatic heterocycles. The number of ether oxygens (including phenoxy) is 2. The van der Waals surface area contributed by atoms with Gasteiger partial charge in [0.2, 0.25) is 0 Å². The van der Waals surface area contributed by atoms with Crippen molar-refractivity contribution in [2.24, 2.45) is 0 Å². The summed E-state index contributed by atoms with van der Waals surface area (Å²) in [5, 5.41) is 0.572. The van der Waals surface area contributed by atoms with E-state index in [-0.39, 0.29) is 12.1 Å². The van der Waals surface area contributed by atoms with Gasteiger partial charge in [0.25, 0.3) is 0 Å². The average Bonchev–Trinajstić information content (AvgIpc) is 2.55. The summed E-state index contributed by atoms with van der Waals surface area (Å²) in [5.74, 6) is 0.530. The van der Waals surface area contributed by atoms with E-state index >= 15 is 0 Å². The third-order valence-electron chi connectivity index (χ3n) is 3.68. The van der Waals surface area contributed by atoms with Crippen LogP contribution in [0.3, 0.4) is 0 Å². The van der Waals surface area contributed by atoms with Gasteiger partial charge in [0, 0.05) is 12.3 Å². The van der Waals surface area contributed by atoms with Crippen molar-refractivity contribution < 1.29 is 14.3 Å². The molecule has 1 aromatic rings. The summed E-state index contributed by atoms with van der Waals surface area (Å²) in [4.78, 5) is 11.0. The molecular formula is C19H29BrO3. The molecule has 0 amide bonds. The second-order valence-electron chi connectivity index (χ2n) is 5.86. The number of hydrogen-bond donors (Lipinski definition) is 0. The molecule has 0 saturated carbocycles. The van der Waals surface area contributed by atoms with Gasteiger partial charge in [-0.1, -0.05) is 67.1 Å². The minimum Gasteiger partial charge on any atom is -0.490 e. The van der Waals surface area contributed by atoms with Gasteiger partial charge >= 0.3 is 5.97 Å². The van der Waals surface area contributed by atoms with Gasteiger partial charge in [0.1, 0.15) is 18.5 Å². The predicted molar refractivity (Wildman–Crippen MR) is 98.4 cm³/mol. The summed E-state index contributed by atoms with van der Waals surface area (Å²) in [5.41, 5.74) is 1.35. The first kappa shape index (κ1) is 20.0. The lowest BCUT2D eigenvalue weighted by molar-refractivity contribution is -0.146. The summed E-state index contributed by atoms with van der Waals surface area (Å²) in [6.07, 6.45) is 8.80. The normalized spacial score (nSPS) is 12.0. The van der Waals surface area contributed by atoms with E-state index in [1.54, 1.807) is 0 Å². The Hall–Kier alpha value is -1.03. The molecule has 1 atom stereocenters. The molecule has 1 unspecified atom stereocenters. The molecule has 4 heteroatoms. The van der Waals surface area contributed by atoms with Gasteiger partial charge in [0.05, 0.1) is 0 Å². The van der Waals surface area contributed by atoms with Crippen LogP contribution in [-0.2, 0) is 16.0 Å². The number of benzene rings is 1. The Labute approximate surface area is 148 Å². The van der Waals surface area contributed by atoms with Gasteiger partial charge in [-0.3, -0.25) is 4.79 Å². The maximum absolute atomic E-state index is 11.0. The lowest BCUT2D eigenvalue weighted by Crippen LogP contribution is -2.25. The molecule has 0 aliphatic rings. The van der Waals surface area contributed by atoms with Gasteiger partial charge in [-0.25, -0.2) is 0 Å². The first-order valence-electron chi connectivity index (χ1n) is 8.60. The molecule has 0 spiro atoms. The minimum absolute atomic E-state index is 0.254. The monoisotopic (exact) mass is 384 g/mol. The fourth-order valence-electron chi connectivity index (χ4n) is 2.40. The maximum atomic E-state index is 11.0. The second-order valence-corrected chi connectivity index (χ2v) is 6.51. The topological polar surface area (TPSA) is 35.5 Å². The van der Waals surface area contributed by atoms with E-state index in [4.69, 9.17) is 9.47 Å². The fraction of sp³-hybridized carbons (Fsp3) is 0.632. The Kier molecular flexibility index (Phi) is 10.8. The molecule has 0 radical (unpaired) electrons. The molecule has 1 aromatic carbocycles. The number of carbonyl (C=O) groups is 1. The van der Waals surface area contributed by atoms with Crippen LogP contribution < -0.4 is 4.74 Å². The number of unbranched alkanes of at least 4 members (excludes halogenated alkanes) is 5. The summed E-state index contributed by atoms with van der Waals surface area (Å²) in [6.45, 7) is 4.02. The summed E-state index contributed by atoms with van der Waals surface area (Å²) in [6, 6.07) is 8.23. The molecule has 0 N–H and O–H groups in total. The Morgan fingerprint density at radius 3 is 2.35 bits per heavy atom. The minimum atomic E-state index is -0.285. The third kappa shape index (κ3) is 9.65. The van der Waals surface area contributed by atoms with Crippen LogP contribution >= 0.6 is 15.9 Å². The molecule has 23 heavy (non-hydrogen) atoms. The highest BCUT2D eigenvalue weighted by Gasteiger charge is 2.11. The Bertz CT molecular complexity index is 431. The van der Waals surface area contributed by atoms with Crippen LogP contribution in [0.1, 0.15) is 57.9 Å². The second kappa shape index (κ2) is 12.4. The van der Waals surface area contributed by atoms with Crippen LogP contribution in [0.2, 0.25) is 0 Å². The third-order valence-corrected chi connectivity index (χ3v) is 4.41. The molecule has 3 nitrogen and oxygen atoms in total. The predicted octanol–water partition coefficient (Wildman–Crippen LogP) is 5.30. The lowest BCUT2D eigenvalue weighted by Gasteiger charge is -2.15. The fourth-order valence-corrected chi connectivity index (χ4v) is 2.71. The number of halogens is 1. The smallest absolute Gasteiger partial charge is 0.303 e. The van der Waals surface area contributed by atoms with E-state index in [0.717, 1.165) is 12.2 Å².